The third-order valence-corrected chi connectivity index (χ3v) is 2.80. The van der Waals surface area contributed by atoms with E-state index in [2.05, 4.69) is 20.1 Å². The third kappa shape index (κ3) is 2.54. The van der Waals surface area contributed by atoms with Gasteiger partial charge in [-0.25, -0.2) is 0 Å². The largest absolute Gasteiger partial charge is 0.397 e. The van der Waals surface area contributed by atoms with E-state index in [0.717, 1.165) is 17.2 Å². The van der Waals surface area contributed by atoms with Crippen molar-refractivity contribution in [1.82, 2.24) is 14.8 Å². The summed E-state index contributed by atoms with van der Waals surface area (Å²) in [6.45, 7) is 0. The molecule has 0 aliphatic carbocycles. The Hall–Kier alpha value is -2.22. The van der Waals surface area contributed by atoms with Crippen molar-refractivity contribution in [1.29, 1.82) is 0 Å². The lowest BCUT2D eigenvalue weighted by atomic mass is 10.1. The molecule has 8 heteroatoms. The molecule has 1 heterocycles. The normalized spacial score (nSPS) is 10.1. The molecule has 0 atom stereocenters. The Morgan fingerprint density at radius 3 is 2.78 bits per heavy atom. The van der Waals surface area contributed by atoms with Crippen LogP contribution in [0.4, 0.5) is 16.5 Å². The van der Waals surface area contributed by atoms with Crippen LogP contribution in [0.15, 0.2) is 18.2 Å². The maximum atomic E-state index is 11.9. The van der Waals surface area contributed by atoms with E-state index < -0.39 is 0 Å². The number of nitrogen functional groups attached to an aromatic ring is 1. The van der Waals surface area contributed by atoms with Crippen LogP contribution in [0.3, 0.4) is 0 Å². The molecule has 0 aliphatic heterocycles. The molecule has 7 nitrogen and oxygen atoms in total. The summed E-state index contributed by atoms with van der Waals surface area (Å²) in [5.41, 5.74) is 7.75. The Balaban J connectivity index is 2.19. The second-order valence-electron chi connectivity index (χ2n) is 3.79. The van der Waals surface area contributed by atoms with E-state index in [1.807, 2.05) is 19.0 Å². The number of amides is 1. The quantitative estimate of drug-likeness (QED) is 0.797. The van der Waals surface area contributed by atoms with Crippen molar-refractivity contribution in [2.24, 2.45) is 0 Å². The predicted octanol–water partition coefficient (Wildman–Crippen LogP) is 0.834. The molecule has 0 fully saturated rings. The van der Waals surface area contributed by atoms with Crippen LogP contribution in [0.25, 0.3) is 0 Å². The maximum absolute atomic E-state index is 11.9. The zero-order chi connectivity index (χ0) is 13.1. The summed E-state index contributed by atoms with van der Waals surface area (Å²) in [6, 6.07) is 5.12. The molecule has 2 rings (SSSR count). The van der Waals surface area contributed by atoms with Gasteiger partial charge < -0.3 is 10.6 Å². The minimum Gasteiger partial charge on any atom is -0.397 e. The zero-order valence-corrected chi connectivity index (χ0v) is 10.7. The first-order valence-electron chi connectivity index (χ1n) is 5.11. The van der Waals surface area contributed by atoms with Crippen molar-refractivity contribution < 1.29 is 4.79 Å². The Morgan fingerprint density at radius 2 is 2.22 bits per heavy atom. The number of rotatable bonds is 3. The lowest BCUT2D eigenvalue weighted by Crippen LogP contribution is -2.14. The molecule has 94 valence electrons. The maximum Gasteiger partial charge on any atom is 0.257 e. The molecule has 0 bridgehead atoms. The number of carbonyl (C=O) groups is 1. The van der Waals surface area contributed by atoms with Crippen LogP contribution in [-0.2, 0) is 0 Å². The molecule has 1 aromatic carbocycles. The van der Waals surface area contributed by atoms with Gasteiger partial charge in [-0.2, -0.15) is 0 Å². The smallest absolute Gasteiger partial charge is 0.257 e. The van der Waals surface area contributed by atoms with E-state index in [9.17, 15) is 4.79 Å². The number of benzene rings is 1. The van der Waals surface area contributed by atoms with Crippen LogP contribution in [0.2, 0.25) is 0 Å². The monoisotopic (exact) mass is 264 g/mol. The van der Waals surface area contributed by atoms with Gasteiger partial charge in [-0.3, -0.25) is 10.1 Å². The summed E-state index contributed by atoms with van der Waals surface area (Å²) in [5.74, 6) is -0.287. The number of hydrogen-bond donors (Lipinski definition) is 2. The third-order valence-electron chi connectivity index (χ3n) is 2.29. The van der Waals surface area contributed by atoms with Crippen LogP contribution in [0.1, 0.15) is 10.4 Å². The van der Waals surface area contributed by atoms with Crippen LogP contribution in [-0.4, -0.2) is 34.8 Å². The molecule has 0 saturated heterocycles. The van der Waals surface area contributed by atoms with Gasteiger partial charge in [0.2, 0.25) is 5.13 Å². The molecular formula is C10H12N6OS. The highest BCUT2D eigenvalue weighted by Gasteiger charge is 2.11. The average molecular weight is 264 g/mol. The Bertz CT molecular complexity index is 554. The number of aromatic nitrogens is 3. The fourth-order valence-corrected chi connectivity index (χ4v) is 1.82. The molecule has 0 aliphatic rings. The van der Waals surface area contributed by atoms with Gasteiger partial charge in [0.1, 0.15) is 0 Å². The molecule has 0 saturated carbocycles. The van der Waals surface area contributed by atoms with Crippen molar-refractivity contribution in [3.8, 4) is 0 Å². The standard InChI is InChI=1S/C10H12N6OS/c1-16(2)8-4-3-6(5-7(8)11)9(17)12-10-13-14-15-18-10/h3-5H,11H2,1-2H3,(H,12,13,15,17). The van der Waals surface area contributed by atoms with Gasteiger partial charge in [-0.1, -0.05) is 9.59 Å². The van der Waals surface area contributed by atoms with Crippen LogP contribution >= 0.6 is 11.5 Å². The summed E-state index contributed by atoms with van der Waals surface area (Å²) in [4.78, 5) is 13.8. The molecule has 1 amide bonds. The SMILES string of the molecule is CN(C)c1ccc(C(=O)Nc2nnns2)cc1N. The van der Waals surface area contributed by atoms with Gasteiger partial charge in [0.15, 0.2) is 0 Å². The van der Waals surface area contributed by atoms with Gasteiger partial charge in [0.05, 0.1) is 11.4 Å². The molecule has 18 heavy (non-hydrogen) atoms. The molecule has 0 unspecified atom stereocenters. The minimum absolute atomic E-state index is 0.287. The van der Waals surface area contributed by atoms with Crippen LogP contribution < -0.4 is 16.0 Å². The predicted molar refractivity (Wildman–Crippen MR) is 70.8 cm³/mol. The lowest BCUT2D eigenvalue weighted by Gasteiger charge is -2.15. The summed E-state index contributed by atoms with van der Waals surface area (Å²) in [7, 11) is 3.77. The van der Waals surface area contributed by atoms with Crippen molar-refractivity contribution in [3.63, 3.8) is 0 Å². The number of anilines is 3. The fourth-order valence-electron chi connectivity index (χ4n) is 1.45. The first-order chi connectivity index (χ1) is 8.58. The fraction of sp³-hybridized carbons (Fsp3) is 0.200. The first-order valence-corrected chi connectivity index (χ1v) is 5.88. The summed E-state index contributed by atoms with van der Waals surface area (Å²) in [5, 5.41) is 9.98. The second-order valence-corrected chi connectivity index (χ2v) is 4.52. The van der Waals surface area contributed by atoms with Gasteiger partial charge in [-0.15, -0.1) is 0 Å². The summed E-state index contributed by atoms with van der Waals surface area (Å²) in [6.07, 6.45) is 0. The van der Waals surface area contributed by atoms with Gasteiger partial charge in [-0.05, 0) is 23.4 Å². The topological polar surface area (TPSA) is 97.0 Å². The average Bonchev–Trinajstić information content (AvgIpc) is 2.81. The van der Waals surface area contributed by atoms with Gasteiger partial charge in [0, 0.05) is 31.2 Å². The first kappa shape index (κ1) is 12.2. The van der Waals surface area contributed by atoms with Crippen molar-refractivity contribution in [2.45, 2.75) is 0 Å². The van der Waals surface area contributed by atoms with E-state index in [-0.39, 0.29) is 5.91 Å². The van der Waals surface area contributed by atoms with Gasteiger partial charge >= 0.3 is 0 Å². The second kappa shape index (κ2) is 4.96. The number of nitrogens with two attached hydrogens (primary N) is 1. The molecule has 0 radical (unpaired) electrons. The van der Waals surface area contributed by atoms with Crippen molar-refractivity contribution in [2.75, 3.05) is 30.0 Å². The van der Waals surface area contributed by atoms with Crippen LogP contribution in [0.5, 0.6) is 0 Å². The number of nitrogens with zero attached hydrogens (tertiary/aromatic N) is 4. The number of nitrogens with one attached hydrogen (secondary N) is 1. The highest BCUT2D eigenvalue weighted by Crippen LogP contribution is 2.22. The number of hydrogen-bond acceptors (Lipinski definition) is 7. The molecule has 2 aromatic rings. The van der Waals surface area contributed by atoms with Gasteiger partial charge in [0.25, 0.3) is 5.91 Å². The van der Waals surface area contributed by atoms with E-state index in [4.69, 9.17) is 5.73 Å². The van der Waals surface area contributed by atoms with E-state index in [1.54, 1.807) is 18.2 Å². The van der Waals surface area contributed by atoms with E-state index >= 15 is 0 Å². The minimum atomic E-state index is -0.287. The summed E-state index contributed by atoms with van der Waals surface area (Å²) >= 11 is 1.01. The van der Waals surface area contributed by atoms with Crippen molar-refractivity contribution in [3.05, 3.63) is 23.8 Å². The Morgan fingerprint density at radius 1 is 1.44 bits per heavy atom. The Kier molecular flexibility index (Phi) is 3.38. The molecule has 3 N–H and O–H groups in total. The van der Waals surface area contributed by atoms with E-state index in [0.29, 0.717) is 16.4 Å². The highest BCUT2D eigenvalue weighted by atomic mass is 32.1. The number of carbonyl (C=O) groups excluding carboxylic acids is 1. The lowest BCUT2D eigenvalue weighted by molar-refractivity contribution is 0.102. The van der Waals surface area contributed by atoms with Crippen LogP contribution in [0, 0.1) is 0 Å². The highest BCUT2D eigenvalue weighted by molar-refractivity contribution is 7.09. The van der Waals surface area contributed by atoms with E-state index in [1.165, 1.54) is 0 Å². The molecule has 1 aromatic heterocycles. The Labute approximate surface area is 108 Å². The van der Waals surface area contributed by atoms with Crippen molar-refractivity contribution >= 4 is 33.9 Å². The molecule has 0 spiro atoms. The zero-order valence-electron chi connectivity index (χ0n) is 9.91. The molecular weight excluding hydrogens is 252 g/mol. The summed E-state index contributed by atoms with van der Waals surface area (Å²) < 4.78 is 3.56.